The van der Waals surface area contributed by atoms with E-state index >= 15 is 17.6 Å². The first-order valence-corrected chi connectivity index (χ1v) is 14.0. The molecule has 0 aromatic heterocycles. The number of ether oxygens (including phenoxy) is 2. The first kappa shape index (κ1) is 48.3. The lowest BCUT2D eigenvalue weighted by Crippen LogP contribution is -2.71. The number of phenolic OH excluding ortho intramolecular Hbond substituents is 1. The zero-order valence-electron chi connectivity index (χ0n) is 25.5. The Hall–Kier alpha value is -2.88. The SMILES string of the molecule is Oc1cccc(C2(C(F)C(F)(F)C(F)(F)C(F)(F)C(F)(F)C(F)C(F)C(F)F)OCCC(C(F)C(F)(F)C(F)(F)C(F)(F)C(F)(F)C(F)C(F)C(F)F)O2)c1. The molecular formula is C26H18F26O3. The molecule has 0 aliphatic carbocycles. The zero-order valence-corrected chi connectivity index (χ0v) is 25.5. The maximum absolute atomic E-state index is 15.7. The molecular weight excluding hydrogens is 854 g/mol. The Balaban J connectivity index is 2.76. The van der Waals surface area contributed by atoms with Crippen LogP contribution in [0, 0.1) is 0 Å². The zero-order chi connectivity index (χ0) is 43.5. The summed E-state index contributed by atoms with van der Waals surface area (Å²) in [4.78, 5) is 0. The molecule has 0 amide bonds. The van der Waals surface area contributed by atoms with Gasteiger partial charge in [0.05, 0.1) is 6.61 Å². The Labute approximate surface area is 287 Å². The number of hydrogen-bond donors (Lipinski definition) is 1. The van der Waals surface area contributed by atoms with Crippen LogP contribution in [0.2, 0.25) is 0 Å². The summed E-state index contributed by atoms with van der Waals surface area (Å²) in [5, 5.41) is 9.61. The summed E-state index contributed by atoms with van der Waals surface area (Å²) < 4.78 is 372. The summed E-state index contributed by atoms with van der Waals surface area (Å²) in [5.41, 5.74) is -1.97. The molecule has 8 atom stereocenters. The molecule has 1 aliphatic rings. The molecule has 55 heavy (non-hydrogen) atoms. The van der Waals surface area contributed by atoms with Gasteiger partial charge in [0.15, 0.2) is 18.5 Å². The summed E-state index contributed by atoms with van der Waals surface area (Å²) in [6.45, 7) is -2.08. The van der Waals surface area contributed by atoms with Crippen LogP contribution in [0.1, 0.15) is 12.0 Å². The van der Waals surface area contributed by atoms with Gasteiger partial charge in [-0.25, -0.2) is 43.9 Å². The van der Waals surface area contributed by atoms with Crippen LogP contribution >= 0.6 is 0 Å². The molecule has 0 bridgehead atoms. The summed E-state index contributed by atoms with van der Waals surface area (Å²) in [7, 11) is 0. The second-order valence-electron chi connectivity index (χ2n) is 11.4. The number of hydrogen-bond acceptors (Lipinski definition) is 3. The summed E-state index contributed by atoms with van der Waals surface area (Å²) >= 11 is 0. The van der Waals surface area contributed by atoms with E-state index in [0.717, 1.165) is 0 Å². The van der Waals surface area contributed by atoms with E-state index in [9.17, 15) is 102 Å². The fraction of sp³-hybridized carbons (Fsp3) is 0.769. The number of rotatable bonds is 17. The van der Waals surface area contributed by atoms with Crippen molar-refractivity contribution in [3.8, 4) is 5.75 Å². The minimum Gasteiger partial charge on any atom is -0.508 e. The van der Waals surface area contributed by atoms with Crippen LogP contribution in [0.4, 0.5) is 114 Å². The molecule has 0 saturated carbocycles. The fourth-order valence-corrected chi connectivity index (χ4v) is 4.65. The normalized spacial score (nSPS) is 23.7. The molecule has 3 nitrogen and oxygen atoms in total. The van der Waals surface area contributed by atoms with Crippen molar-refractivity contribution >= 4 is 0 Å². The van der Waals surface area contributed by atoms with Gasteiger partial charge in [0.2, 0.25) is 24.3 Å². The minimum absolute atomic E-state index is 0.0456. The molecule has 0 spiro atoms. The maximum atomic E-state index is 15.7. The highest BCUT2D eigenvalue weighted by Crippen LogP contribution is 2.61. The average molecular weight is 872 g/mol. The van der Waals surface area contributed by atoms with Gasteiger partial charge in [-0.05, 0) is 12.1 Å². The minimum atomic E-state index is -8.26. The quantitative estimate of drug-likeness (QED) is 0.159. The van der Waals surface area contributed by atoms with Crippen LogP contribution in [-0.2, 0) is 15.3 Å². The molecule has 8 unspecified atom stereocenters. The first-order valence-electron chi connectivity index (χ1n) is 14.0. The molecule has 322 valence electrons. The highest BCUT2D eigenvalue weighted by Gasteiger charge is 2.88. The molecule has 1 aliphatic heterocycles. The van der Waals surface area contributed by atoms with E-state index in [1.54, 1.807) is 0 Å². The van der Waals surface area contributed by atoms with Crippen LogP contribution in [-0.4, -0.2) is 115 Å². The van der Waals surface area contributed by atoms with Crippen molar-refractivity contribution in [2.75, 3.05) is 6.61 Å². The van der Waals surface area contributed by atoms with E-state index in [4.69, 9.17) is 0 Å². The smallest absolute Gasteiger partial charge is 0.381 e. The van der Waals surface area contributed by atoms with Crippen LogP contribution < -0.4 is 0 Å². The van der Waals surface area contributed by atoms with E-state index in [0.29, 0.717) is 6.07 Å². The molecule has 1 heterocycles. The average Bonchev–Trinajstić information content (AvgIpc) is 3.08. The molecule has 1 aromatic carbocycles. The second kappa shape index (κ2) is 15.1. The number of alkyl halides is 26. The van der Waals surface area contributed by atoms with E-state index in [-0.39, 0.29) is 18.2 Å². The van der Waals surface area contributed by atoms with E-state index in [2.05, 4.69) is 9.47 Å². The van der Waals surface area contributed by atoms with Crippen molar-refractivity contribution < 1.29 is 129 Å². The maximum Gasteiger partial charge on any atom is 0.381 e. The Morgan fingerprint density at radius 3 is 1.33 bits per heavy atom. The molecule has 1 N–H and O–H groups in total. The van der Waals surface area contributed by atoms with Crippen molar-refractivity contribution in [3.05, 3.63) is 29.8 Å². The van der Waals surface area contributed by atoms with Gasteiger partial charge < -0.3 is 14.6 Å². The predicted molar refractivity (Wildman–Crippen MR) is 126 cm³/mol. The monoisotopic (exact) mass is 872 g/mol. The van der Waals surface area contributed by atoms with Crippen LogP contribution in [0.15, 0.2) is 24.3 Å². The Bertz CT molecular complexity index is 1460. The van der Waals surface area contributed by atoms with Gasteiger partial charge in [-0.3, -0.25) is 0 Å². The number of benzene rings is 1. The van der Waals surface area contributed by atoms with Crippen LogP contribution in [0.5, 0.6) is 5.75 Å². The summed E-state index contributed by atoms with van der Waals surface area (Å²) in [6, 6.07) is 0.344. The predicted octanol–water partition coefficient (Wildman–Crippen LogP) is 9.99. The standard InChI is InChI=1S/C26H18F26O3/c27-10(15(32)33)13(30)20(39,40)24(47,48)23(45,46)19(37,38)12(29)9-4-5-54-18(55-9,7-2-1-3-8(53)6-7)17(36)22(43,44)26(51,52)25(49,50)21(41,42)14(31)11(28)16(34)35/h1-3,6,9-17,53H,4-5H2. The van der Waals surface area contributed by atoms with Gasteiger partial charge in [0, 0.05) is 12.0 Å². The molecule has 1 aromatic rings. The lowest BCUT2D eigenvalue weighted by molar-refractivity contribution is -0.428. The summed E-state index contributed by atoms with van der Waals surface area (Å²) in [5.74, 6) is -70.1. The van der Waals surface area contributed by atoms with Gasteiger partial charge in [0.25, 0.3) is 12.9 Å². The Morgan fingerprint density at radius 1 is 0.564 bits per heavy atom. The molecule has 1 saturated heterocycles. The van der Waals surface area contributed by atoms with Gasteiger partial charge in [-0.1, -0.05) is 12.1 Å². The van der Waals surface area contributed by atoms with Crippen molar-refractivity contribution in [2.24, 2.45) is 0 Å². The lowest BCUT2D eigenvalue weighted by Gasteiger charge is -2.48. The highest BCUT2D eigenvalue weighted by molar-refractivity contribution is 5.33. The van der Waals surface area contributed by atoms with Crippen molar-refractivity contribution in [1.82, 2.24) is 0 Å². The van der Waals surface area contributed by atoms with Gasteiger partial charge in [-0.15, -0.1) is 0 Å². The molecule has 0 radical (unpaired) electrons. The Morgan fingerprint density at radius 2 is 0.945 bits per heavy atom. The number of aromatic hydroxyl groups is 1. The molecule has 1 fully saturated rings. The van der Waals surface area contributed by atoms with Crippen LogP contribution in [0.25, 0.3) is 0 Å². The summed E-state index contributed by atoms with van der Waals surface area (Å²) in [6.07, 6.45) is -49.5. The first-order chi connectivity index (χ1) is 24.4. The third kappa shape index (κ3) is 7.40. The van der Waals surface area contributed by atoms with E-state index in [1.165, 1.54) is 0 Å². The van der Waals surface area contributed by atoms with Gasteiger partial charge in [0.1, 0.15) is 11.9 Å². The topological polar surface area (TPSA) is 38.7 Å². The number of halogens is 26. The fourth-order valence-electron chi connectivity index (χ4n) is 4.65. The largest absolute Gasteiger partial charge is 0.508 e. The van der Waals surface area contributed by atoms with Crippen LogP contribution in [0.3, 0.4) is 0 Å². The molecule has 2 rings (SSSR count). The third-order valence-corrected chi connectivity index (χ3v) is 7.82. The van der Waals surface area contributed by atoms with Gasteiger partial charge >= 0.3 is 47.4 Å². The molecule has 29 heteroatoms. The third-order valence-electron chi connectivity index (χ3n) is 7.82. The van der Waals surface area contributed by atoms with Crippen molar-refractivity contribution in [1.29, 1.82) is 0 Å². The van der Waals surface area contributed by atoms with Crippen molar-refractivity contribution in [3.63, 3.8) is 0 Å². The van der Waals surface area contributed by atoms with E-state index in [1.807, 2.05) is 0 Å². The lowest BCUT2D eigenvalue weighted by atomic mass is 9.86. The van der Waals surface area contributed by atoms with Gasteiger partial charge in [-0.2, -0.15) is 70.2 Å². The second-order valence-corrected chi connectivity index (χ2v) is 11.4. The Kier molecular flexibility index (Phi) is 13.3. The van der Waals surface area contributed by atoms with Crippen molar-refractivity contribution in [2.45, 2.75) is 116 Å². The van der Waals surface area contributed by atoms with E-state index < -0.39 is 133 Å². The number of phenols is 1. The highest BCUT2D eigenvalue weighted by atomic mass is 19.4.